The van der Waals surface area contributed by atoms with Gasteiger partial charge in [-0.3, -0.25) is 4.79 Å². The van der Waals surface area contributed by atoms with Gasteiger partial charge >= 0.3 is 0 Å². The van der Waals surface area contributed by atoms with Crippen LogP contribution in [0.2, 0.25) is 5.02 Å². The first-order valence-corrected chi connectivity index (χ1v) is 7.65. The highest BCUT2D eigenvalue weighted by Crippen LogP contribution is 2.37. The first kappa shape index (κ1) is 13.6. The van der Waals surface area contributed by atoms with Gasteiger partial charge in [0.1, 0.15) is 10.6 Å². The number of hydrogen-bond donors (Lipinski definition) is 1. The van der Waals surface area contributed by atoms with Gasteiger partial charge in [0.05, 0.1) is 5.02 Å². The highest BCUT2D eigenvalue weighted by molar-refractivity contribution is 9.10. The lowest BCUT2D eigenvalue weighted by Crippen LogP contribution is -2.10. The number of thiophene rings is 1. The van der Waals surface area contributed by atoms with E-state index >= 15 is 0 Å². The number of halogens is 2. The molecule has 3 rings (SSSR count). The molecule has 0 saturated carbocycles. The lowest BCUT2D eigenvalue weighted by atomic mass is 10.2. The molecule has 0 atom stereocenters. The van der Waals surface area contributed by atoms with Gasteiger partial charge in [-0.25, -0.2) is 0 Å². The van der Waals surface area contributed by atoms with E-state index in [9.17, 15) is 4.79 Å². The maximum Gasteiger partial charge on any atom is 0.268 e. The van der Waals surface area contributed by atoms with E-state index in [0.717, 1.165) is 14.6 Å². The summed E-state index contributed by atoms with van der Waals surface area (Å²) in [4.78, 5) is 12.7. The minimum absolute atomic E-state index is 0.291. The van der Waals surface area contributed by atoms with Gasteiger partial charge in [-0.05, 0) is 19.1 Å². The molecule has 0 aliphatic heterocycles. The first-order valence-electron chi connectivity index (χ1n) is 5.67. The Morgan fingerprint density at radius 1 is 1.45 bits per heavy atom. The first-order chi connectivity index (χ1) is 9.54. The monoisotopic (exact) mass is 370 g/mol. The van der Waals surface area contributed by atoms with Crippen LogP contribution in [0.5, 0.6) is 0 Å². The quantitative estimate of drug-likeness (QED) is 0.699. The summed E-state index contributed by atoms with van der Waals surface area (Å²) in [6, 6.07) is 7.36. The van der Waals surface area contributed by atoms with E-state index in [1.807, 2.05) is 18.2 Å². The van der Waals surface area contributed by atoms with Crippen LogP contribution in [0.25, 0.3) is 10.1 Å². The number of nitrogens with one attached hydrogen (secondary N) is 1. The van der Waals surface area contributed by atoms with E-state index in [1.165, 1.54) is 11.3 Å². The van der Waals surface area contributed by atoms with E-state index in [1.54, 1.807) is 13.0 Å². The predicted molar refractivity (Wildman–Crippen MR) is 83.7 cm³/mol. The number of benzene rings is 1. The Hall–Kier alpha value is -1.37. The van der Waals surface area contributed by atoms with Crippen molar-refractivity contribution in [3.05, 3.63) is 44.4 Å². The van der Waals surface area contributed by atoms with Crippen molar-refractivity contribution in [1.82, 2.24) is 5.16 Å². The predicted octanol–water partition coefficient (Wildman–Crippen LogP) is 4.87. The van der Waals surface area contributed by atoms with Crippen molar-refractivity contribution >= 4 is 60.7 Å². The molecule has 102 valence electrons. The van der Waals surface area contributed by atoms with Crippen LogP contribution >= 0.6 is 38.9 Å². The van der Waals surface area contributed by atoms with Gasteiger partial charge in [0, 0.05) is 20.6 Å². The smallest absolute Gasteiger partial charge is 0.268 e. The summed E-state index contributed by atoms with van der Waals surface area (Å²) in [5, 5.41) is 7.71. The normalized spacial score (nSPS) is 10.9. The number of anilines is 1. The number of fused-ring (bicyclic) bond motifs is 1. The van der Waals surface area contributed by atoms with Gasteiger partial charge in [-0.1, -0.05) is 38.8 Å². The van der Waals surface area contributed by atoms with Gasteiger partial charge in [-0.2, -0.15) is 0 Å². The Labute approximate surface area is 131 Å². The molecule has 3 aromatic rings. The molecule has 1 N–H and O–H groups in total. The minimum atomic E-state index is -0.291. The third-order valence-corrected chi connectivity index (χ3v) is 4.82. The number of nitrogens with zero attached hydrogens (tertiary/aromatic N) is 1. The minimum Gasteiger partial charge on any atom is -0.360 e. The summed E-state index contributed by atoms with van der Waals surface area (Å²) >= 11 is 11.0. The van der Waals surface area contributed by atoms with Crippen LogP contribution in [0.15, 0.2) is 33.3 Å². The molecule has 2 heterocycles. The van der Waals surface area contributed by atoms with Crippen LogP contribution in [0.3, 0.4) is 0 Å². The Morgan fingerprint density at radius 3 is 2.95 bits per heavy atom. The topological polar surface area (TPSA) is 55.1 Å². The third-order valence-electron chi connectivity index (χ3n) is 2.67. The van der Waals surface area contributed by atoms with Gasteiger partial charge in [0.2, 0.25) is 0 Å². The zero-order valence-electron chi connectivity index (χ0n) is 10.2. The summed E-state index contributed by atoms with van der Waals surface area (Å²) < 4.78 is 6.80. The number of carbonyl (C=O) groups excluding carboxylic acids is 1. The maximum atomic E-state index is 12.2. The molecule has 0 aliphatic carbocycles. The number of amides is 1. The largest absolute Gasteiger partial charge is 0.360 e. The summed E-state index contributed by atoms with van der Waals surface area (Å²) in [5.41, 5.74) is 0. The lowest BCUT2D eigenvalue weighted by molar-refractivity contribution is 0.103. The second-order valence-corrected chi connectivity index (χ2v) is 6.51. The molecule has 0 fully saturated rings. The SMILES string of the molecule is Cc1cc(NC(=O)c2sc3cc(Br)ccc3c2Cl)no1. The molecular formula is C13H8BrClN2O2S. The molecule has 4 nitrogen and oxygen atoms in total. The van der Waals surface area contributed by atoms with Gasteiger partial charge in [0.25, 0.3) is 5.91 Å². The van der Waals surface area contributed by atoms with Crippen molar-refractivity contribution in [3.63, 3.8) is 0 Å². The number of rotatable bonds is 2. The maximum absolute atomic E-state index is 12.2. The molecule has 0 bridgehead atoms. The molecule has 0 aliphatic rings. The zero-order chi connectivity index (χ0) is 14.3. The number of hydrogen-bond acceptors (Lipinski definition) is 4. The van der Waals surface area contributed by atoms with Crippen LogP contribution < -0.4 is 5.32 Å². The summed E-state index contributed by atoms with van der Waals surface area (Å²) in [7, 11) is 0. The standard InChI is InChI=1S/C13H8BrClN2O2S/c1-6-4-10(17-19-6)16-13(18)12-11(15)8-3-2-7(14)5-9(8)20-12/h2-5H,1H3,(H,16,17,18). The van der Waals surface area contributed by atoms with Crippen LogP contribution in [0, 0.1) is 6.92 Å². The molecule has 0 spiro atoms. The molecule has 0 saturated heterocycles. The van der Waals surface area contributed by atoms with E-state index in [2.05, 4.69) is 26.4 Å². The van der Waals surface area contributed by atoms with Crippen molar-refractivity contribution in [3.8, 4) is 0 Å². The molecule has 1 amide bonds. The van der Waals surface area contributed by atoms with Gasteiger partial charge < -0.3 is 9.84 Å². The van der Waals surface area contributed by atoms with E-state index in [-0.39, 0.29) is 5.91 Å². The zero-order valence-corrected chi connectivity index (χ0v) is 13.4. The van der Waals surface area contributed by atoms with Gasteiger partial charge in [-0.15, -0.1) is 11.3 Å². The fourth-order valence-electron chi connectivity index (χ4n) is 1.78. The Kier molecular flexibility index (Phi) is 3.54. The number of aromatic nitrogens is 1. The number of aryl methyl sites for hydroxylation is 1. The second-order valence-electron chi connectivity index (χ2n) is 4.16. The Bertz CT molecular complexity index is 812. The third kappa shape index (κ3) is 2.46. The van der Waals surface area contributed by atoms with Crippen molar-refractivity contribution in [1.29, 1.82) is 0 Å². The summed E-state index contributed by atoms with van der Waals surface area (Å²) in [5.74, 6) is 0.717. The fourth-order valence-corrected chi connectivity index (χ4v) is 3.75. The second kappa shape index (κ2) is 5.20. The molecule has 1 aromatic carbocycles. The van der Waals surface area contributed by atoms with Crippen LogP contribution in [0.4, 0.5) is 5.82 Å². The van der Waals surface area contributed by atoms with Crippen LogP contribution in [0.1, 0.15) is 15.4 Å². The molecule has 2 aromatic heterocycles. The average Bonchev–Trinajstić information content (AvgIpc) is 2.94. The number of carbonyl (C=O) groups is 1. The molecular weight excluding hydrogens is 364 g/mol. The van der Waals surface area contributed by atoms with Crippen molar-refractivity contribution < 1.29 is 9.32 Å². The van der Waals surface area contributed by atoms with Crippen molar-refractivity contribution in [2.75, 3.05) is 5.32 Å². The van der Waals surface area contributed by atoms with Crippen molar-refractivity contribution in [2.45, 2.75) is 6.92 Å². The average molecular weight is 372 g/mol. The fraction of sp³-hybridized carbons (Fsp3) is 0.0769. The van der Waals surface area contributed by atoms with E-state index in [4.69, 9.17) is 16.1 Å². The van der Waals surface area contributed by atoms with E-state index in [0.29, 0.717) is 21.5 Å². The highest BCUT2D eigenvalue weighted by atomic mass is 79.9. The van der Waals surface area contributed by atoms with Crippen molar-refractivity contribution in [2.24, 2.45) is 0 Å². The van der Waals surface area contributed by atoms with Crippen LogP contribution in [-0.2, 0) is 0 Å². The summed E-state index contributed by atoms with van der Waals surface area (Å²) in [6.07, 6.45) is 0. The Morgan fingerprint density at radius 2 is 2.25 bits per heavy atom. The molecule has 0 unspecified atom stereocenters. The summed E-state index contributed by atoms with van der Waals surface area (Å²) in [6.45, 7) is 1.76. The Balaban J connectivity index is 1.97. The van der Waals surface area contributed by atoms with Gasteiger partial charge in [0.15, 0.2) is 5.82 Å². The van der Waals surface area contributed by atoms with E-state index < -0.39 is 0 Å². The lowest BCUT2D eigenvalue weighted by Gasteiger charge is -1.98. The molecule has 7 heteroatoms. The molecule has 0 radical (unpaired) electrons. The van der Waals surface area contributed by atoms with Crippen LogP contribution in [-0.4, -0.2) is 11.1 Å². The highest BCUT2D eigenvalue weighted by Gasteiger charge is 2.18. The molecule has 20 heavy (non-hydrogen) atoms.